The number of imidazole rings is 1. The molecule has 0 saturated heterocycles. The van der Waals surface area contributed by atoms with E-state index in [4.69, 9.17) is 14.5 Å². The van der Waals surface area contributed by atoms with Crippen LogP contribution in [-0.4, -0.2) is 32.3 Å². The Morgan fingerprint density at radius 1 is 0.970 bits per heavy atom. The van der Waals surface area contributed by atoms with Gasteiger partial charge >= 0.3 is 5.69 Å². The van der Waals surface area contributed by atoms with E-state index >= 15 is 0 Å². The molecular formula is C25H25N5O3. The van der Waals surface area contributed by atoms with E-state index in [0.29, 0.717) is 24.8 Å². The number of pyridine rings is 2. The van der Waals surface area contributed by atoms with Crippen molar-refractivity contribution >= 4 is 22.7 Å². The fourth-order valence-electron chi connectivity index (χ4n) is 4.84. The first-order chi connectivity index (χ1) is 16.2. The summed E-state index contributed by atoms with van der Waals surface area (Å²) in [4.78, 5) is 22.2. The van der Waals surface area contributed by atoms with Gasteiger partial charge < -0.3 is 14.8 Å². The molecule has 4 aromatic rings. The molecule has 1 aliphatic carbocycles. The molecular weight excluding hydrogens is 418 g/mol. The van der Waals surface area contributed by atoms with Crippen molar-refractivity contribution in [3.8, 4) is 22.8 Å². The quantitative estimate of drug-likeness (QED) is 0.503. The molecule has 0 atom stereocenters. The van der Waals surface area contributed by atoms with E-state index in [2.05, 4.69) is 10.3 Å². The van der Waals surface area contributed by atoms with Crippen LogP contribution in [-0.2, 0) is 7.05 Å². The maximum Gasteiger partial charge on any atom is 0.329 e. The normalized spacial score (nSPS) is 15.8. The van der Waals surface area contributed by atoms with E-state index in [9.17, 15) is 4.79 Å². The largest absolute Gasteiger partial charge is 0.486 e. The lowest BCUT2D eigenvalue weighted by Gasteiger charge is -2.18. The maximum atomic E-state index is 12.9. The molecule has 0 bridgehead atoms. The molecule has 1 fully saturated rings. The highest BCUT2D eigenvalue weighted by Crippen LogP contribution is 2.35. The average Bonchev–Trinajstić information content (AvgIpc) is 3.45. The van der Waals surface area contributed by atoms with Crippen LogP contribution in [0.3, 0.4) is 0 Å². The minimum absolute atomic E-state index is 0.0228. The molecule has 4 heterocycles. The van der Waals surface area contributed by atoms with Crippen molar-refractivity contribution in [3.05, 3.63) is 59.1 Å². The lowest BCUT2D eigenvalue weighted by atomic mass is 10.1. The molecule has 0 radical (unpaired) electrons. The van der Waals surface area contributed by atoms with Gasteiger partial charge in [-0.2, -0.15) is 0 Å². The zero-order valence-corrected chi connectivity index (χ0v) is 18.5. The zero-order valence-electron chi connectivity index (χ0n) is 18.5. The van der Waals surface area contributed by atoms with Gasteiger partial charge in [-0.25, -0.2) is 14.8 Å². The third-order valence-corrected chi connectivity index (χ3v) is 6.51. The van der Waals surface area contributed by atoms with Gasteiger partial charge in [0.25, 0.3) is 0 Å². The number of hydrogen-bond acceptors (Lipinski definition) is 6. The van der Waals surface area contributed by atoms with E-state index in [0.717, 1.165) is 46.6 Å². The Morgan fingerprint density at radius 2 is 1.79 bits per heavy atom. The minimum Gasteiger partial charge on any atom is -0.486 e. The fraction of sp³-hybridized carbons (Fsp3) is 0.320. The van der Waals surface area contributed by atoms with Crippen LogP contribution in [0.25, 0.3) is 22.3 Å². The Morgan fingerprint density at radius 3 is 2.64 bits per heavy atom. The molecule has 0 spiro atoms. The van der Waals surface area contributed by atoms with Crippen molar-refractivity contribution in [2.45, 2.75) is 31.7 Å². The third kappa shape index (κ3) is 3.51. The highest BCUT2D eigenvalue weighted by molar-refractivity contribution is 5.79. The summed E-state index contributed by atoms with van der Waals surface area (Å²) < 4.78 is 15.0. The van der Waals surface area contributed by atoms with Crippen LogP contribution < -0.4 is 20.5 Å². The number of anilines is 2. The Balaban J connectivity index is 1.33. The van der Waals surface area contributed by atoms with Gasteiger partial charge in [0.2, 0.25) is 0 Å². The number of fused-ring (bicyclic) bond motifs is 2. The first-order valence-corrected chi connectivity index (χ1v) is 11.4. The topological polar surface area (TPSA) is 83.2 Å². The van der Waals surface area contributed by atoms with Gasteiger partial charge in [-0.05, 0) is 43.2 Å². The van der Waals surface area contributed by atoms with Crippen LogP contribution >= 0.6 is 0 Å². The van der Waals surface area contributed by atoms with Gasteiger partial charge in [0.1, 0.15) is 24.8 Å². The predicted octanol–water partition coefficient (Wildman–Crippen LogP) is 4.43. The van der Waals surface area contributed by atoms with Gasteiger partial charge in [0.05, 0.1) is 22.9 Å². The van der Waals surface area contributed by atoms with Gasteiger partial charge in [0.15, 0.2) is 11.5 Å². The highest BCUT2D eigenvalue weighted by Gasteiger charge is 2.23. The van der Waals surface area contributed by atoms with Crippen LogP contribution in [0.1, 0.15) is 31.7 Å². The number of aryl methyl sites for hydroxylation is 1. The average molecular weight is 444 g/mol. The van der Waals surface area contributed by atoms with E-state index in [1.807, 2.05) is 54.1 Å². The second kappa shape index (κ2) is 7.95. The Kier molecular flexibility index (Phi) is 4.78. The summed E-state index contributed by atoms with van der Waals surface area (Å²) in [5.74, 6) is 2.83. The lowest BCUT2D eigenvalue weighted by Crippen LogP contribution is -2.24. The Bertz CT molecular complexity index is 1400. The number of hydrogen-bond donors (Lipinski definition) is 1. The first kappa shape index (κ1) is 19.8. The zero-order chi connectivity index (χ0) is 22.4. The molecule has 33 heavy (non-hydrogen) atoms. The fourth-order valence-corrected chi connectivity index (χ4v) is 4.84. The van der Waals surface area contributed by atoms with Gasteiger partial charge in [-0.1, -0.05) is 18.9 Å². The van der Waals surface area contributed by atoms with E-state index < -0.39 is 0 Å². The summed E-state index contributed by atoms with van der Waals surface area (Å²) in [6.07, 6.45) is 6.18. The number of ether oxygens (including phenoxy) is 2. The summed E-state index contributed by atoms with van der Waals surface area (Å²) in [5.41, 5.74) is 3.55. The number of benzene rings is 1. The SMILES string of the molecule is Cn1c(=O)n(C2CCCC2)c2cc(Nc3cccc(-c4ccc5c(c4)OCCO5)n3)ncc21. The molecule has 6 rings (SSSR count). The summed E-state index contributed by atoms with van der Waals surface area (Å²) in [6.45, 7) is 1.11. The lowest BCUT2D eigenvalue weighted by molar-refractivity contribution is 0.171. The maximum absolute atomic E-state index is 12.9. The Labute approximate surface area is 190 Å². The molecule has 1 N–H and O–H groups in total. The van der Waals surface area contributed by atoms with Gasteiger partial charge in [-0.15, -0.1) is 0 Å². The number of nitrogens with one attached hydrogen (secondary N) is 1. The molecule has 1 aliphatic heterocycles. The van der Waals surface area contributed by atoms with Crippen LogP contribution in [0.15, 0.2) is 53.5 Å². The van der Waals surface area contributed by atoms with Crippen molar-refractivity contribution in [1.29, 1.82) is 0 Å². The number of aromatic nitrogens is 4. The van der Waals surface area contributed by atoms with Crippen LogP contribution in [0.2, 0.25) is 0 Å². The van der Waals surface area contributed by atoms with Crippen molar-refractivity contribution in [2.24, 2.45) is 7.05 Å². The molecule has 8 heteroatoms. The first-order valence-electron chi connectivity index (χ1n) is 11.4. The van der Waals surface area contributed by atoms with Gasteiger partial charge in [0, 0.05) is 24.7 Å². The van der Waals surface area contributed by atoms with Crippen molar-refractivity contribution in [3.63, 3.8) is 0 Å². The summed E-state index contributed by atoms with van der Waals surface area (Å²) in [5, 5.41) is 3.31. The Hall–Kier alpha value is -3.81. The second-order valence-corrected chi connectivity index (χ2v) is 8.60. The number of rotatable bonds is 4. The predicted molar refractivity (Wildman–Crippen MR) is 126 cm³/mol. The van der Waals surface area contributed by atoms with E-state index in [1.165, 1.54) is 12.8 Å². The molecule has 0 amide bonds. The van der Waals surface area contributed by atoms with E-state index in [1.54, 1.807) is 10.8 Å². The van der Waals surface area contributed by atoms with Crippen LogP contribution in [0, 0.1) is 0 Å². The molecule has 1 saturated carbocycles. The highest BCUT2D eigenvalue weighted by atomic mass is 16.6. The molecule has 0 unspecified atom stereocenters. The van der Waals surface area contributed by atoms with Crippen molar-refractivity contribution in [1.82, 2.24) is 19.1 Å². The monoisotopic (exact) mass is 443 g/mol. The summed E-state index contributed by atoms with van der Waals surface area (Å²) >= 11 is 0. The molecule has 168 valence electrons. The summed E-state index contributed by atoms with van der Waals surface area (Å²) in [7, 11) is 1.81. The van der Waals surface area contributed by atoms with Crippen LogP contribution in [0.5, 0.6) is 11.5 Å². The minimum atomic E-state index is 0.0228. The standard InChI is InChI=1S/C25H25N5O3/c1-29-20-15-26-24(14-19(20)30(25(29)31)17-5-2-3-6-17)28-23-8-4-7-18(27-23)16-9-10-21-22(13-16)33-12-11-32-21/h4,7-10,13-15,17H,2-3,5-6,11-12H2,1H3,(H,26,27,28). The van der Waals surface area contributed by atoms with Gasteiger partial charge in [-0.3, -0.25) is 9.13 Å². The molecule has 1 aromatic carbocycles. The van der Waals surface area contributed by atoms with Crippen LogP contribution in [0.4, 0.5) is 11.6 Å². The molecule has 3 aromatic heterocycles. The molecule has 8 nitrogen and oxygen atoms in total. The van der Waals surface area contributed by atoms with E-state index in [-0.39, 0.29) is 11.7 Å². The third-order valence-electron chi connectivity index (χ3n) is 6.51. The smallest absolute Gasteiger partial charge is 0.329 e. The van der Waals surface area contributed by atoms with Crippen molar-refractivity contribution < 1.29 is 9.47 Å². The second-order valence-electron chi connectivity index (χ2n) is 8.60. The molecule has 2 aliphatic rings. The number of nitrogens with zero attached hydrogens (tertiary/aromatic N) is 4. The van der Waals surface area contributed by atoms with Crippen molar-refractivity contribution in [2.75, 3.05) is 18.5 Å². The summed E-state index contributed by atoms with van der Waals surface area (Å²) in [6, 6.07) is 13.9.